The summed E-state index contributed by atoms with van der Waals surface area (Å²) in [7, 11) is 0. The Hall–Kier alpha value is -3.27. The normalized spacial score (nSPS) is 13.5. The van der Waals surface area contributed by atoms with Gasteiger partial charge in [-0.1, -0.05) is 108 Å². The number of halogens is 2. The van der Waals surface area contributed by atoms with Gasteiger partial charge in [-0.15, -0.1) is 69.1 Å². The minimum absolute atomic E-state index is 0. The van der Waals surface area contributed by atoms with E-state index in [-0.39, 0.29) is 30.3 Å². The third-order valence-electron chi connectivity index (χ3n) is 9.80. The summed E-state index contributed by atoms with van der Waals surface area (Å²) in [5.41, 5.74) is 8.73. The molecule has 2 aliphatic carbocycles. The van der Waals surface area contributed by atoms with E-state index in [4.69, 9.17) is 0 Å². The smallest absolute Gasteiger partial charge is 0.0114 e. The second-order valence-corrected chi connectivity index (χ2v) is 26.6. The van der Waals surface area contributed by atoms with Crippen molar-refractivity contribution in [2.75, 3.05) is 0 Å². The Morgan fingerprint density at radius 2 is 0.780 bits per heavy atom. The van der Waals surface area contributed by atoms with Crippen molar-refractivity contribution in [2.45, 2.75) is 50.6 Å². The molecular weight excluding hydrogens is 830 g/mol. The Morgan fingerprint density at radius 1 is 0.460 bits per heavy atom. The van der Waals surface area contributed by atoms with Crippen LogP contribution in [0.3, 0.4) is 0 Å². The minimum Gasteiger partial charge on any atom is -1.00 e. The molecule has 10 rings (SSSR count). The zero-order valence-corrected chi connectivity index (χ0v) is 34.7. The summed E-state index contributed by atoms with van der Waals surface area (Å²) in [6.45, 7) is 4.66. The first-order valence-electron chi connectivity index (χ1n) is 17.4. The van der Waals surface area contributed by atoms with Crippen molar-refractivity contribution in [3.8, 4) is 22.3 Å². The molecule has 2 saturated carbocycles. The van der Waals surface area contributed by atoms with Gasteiger partial charge in [0, 0.05) is 0 Å². The SMILES string of the molecule is C[Si](C)=[Hf+2].[Cl-].[Cl-].c1ccc2c(-c3cccc4[cH-]c(C5CC5)cc34)cccc2c1.c1ccc2c(-c3cccc4[cH-]c(C5CC5)cc34)cccc2c1. The van der Waals surface area contributed by atoms with E-state index < -0.39 is 0 Å². The first-order valence-corrected chi connectivity index (χ1v) is 25.3. The van der Waals surface area contributed by atoms with E-state index in [1.165, 1.54) is 125 Å². The predicted molar refractivity (Wildman–Crippen MR) is 206 cm³/mol. The van der Waals surface area contributed by atoms with Gasteiger partial charge in [0.05, 0.1) is 0 Å². The van der Waals surface area contributed by atoms with Crippen molar-refractivity contribution in [3.63, 3.8) is 0 Å². The Labute approximate surface area is 323 Å². The van der Waals surface area contributed by atoms with E-state index in [1.54, 1.807) is 0 Å². The number of fused-ring (bicyclic) bond motifs is 4. The molecule has 0 radical (unpaired) electrons. The van der Waals surface area contributed by atoms with E-state index in [2.05, 4.69) is 159 Å². The summed E-state index contributed by atoms with van der Waals surface area (Å²) in [6.07, 6.45) is 5.44. The van der Waals surface area contributed by atoms with Crippen LogP contribution in [0.1, 0.15) is 48.6 Å². The molecule has 0 heterocycles. The topological polar surface area (TPSA) is 0 Å². The molecule has 0 nitrogen and oxygen atoms in total. The van der Waals surface area contributed by atoms with Crippen molar-refractivity contribution in [1.29, 1.82) is 0 Å². The molecule has 4 heteroatoms. The quantitative estimate of drug-likeness (QED) is 0.129. The maximum atomic E-state index is 2.42. The molecule has 8 aromatic rings. The van der Waals surface area contributed by atoms with E-state index >= 15 is 0 Å². The Bertz CT molecular complexity index is 2250. The first kappa shape index (κ1) is 36.5. The predicted octanol–water partition coefficient (Wildman–Crippen LogP) is 7.30. The first-order chi connectivity index (χ1) is 23.5. The van der Waals surface area contributed by atoms with Gasteiger partial charge in [-0.2, -0.15) is 12.1 Å². The third kappa shape index (κ3) is 7.80. The molecule has 50 heavy (non-hydrogen) atoms. The molecule has 0 N–H and O–H groups in total. The summed E-state index contributed by atoms with van der Waals surface area (Å²) in [4.78, 5) is 0. The molecule has 0 bridgehead atoms. The van der Waals surface area contributed by atoms with Gasteiger partial charge in [-0.3, -0.25) is 0 Å². The van der Waals surface area contributed by atoms with Gasteiger partial charge in [0.25, 0.3) is 0 Å². The molecular formula is C46H40Cl2HfSi-2. The molecule has 0 spiro atoms. The van der Waals surface area contributed by atoms with Crippen LogP contribution in [0.25, 0.3) is 65.3 Å². The van der Waals surface area contributed by atoms with E-state index in [0.29, 0.717) is 0 Å². The summed E-state index contributed by atoms with van der Waals surface area (Å²) in [5, 5.41) is 10.9. The molecule has 0 saturated heterocycles. The maximum Gasteiger partial charge on any atom is -0.0114 e. The van der Waals surface area contributed by atoms with Crippen molar-refractivity contribution in [2.24, 2.45) is 0 Å². The van der Waals surface area contributed by atoms with Crippen LogP contribution in [0.2, 0.25) is 13.1 Å². The number of hydrogen-bond acceptors (Lipinski definition) is 0. The molecule has 0 atom stereocenters. The van der Waals surface area contributed by atoms with Crippen LogP contribution in [0.15, 0.2) is 146 Å². The summed E-state index contributed by atoms with van der Waals surface area (Å²) in [6, 6.07) is 53.6. The Balaban J connectivity index is 0.000000151. The summed E-state index contributed by atoms with van der Waals surface area (Å²) in [5.74, 6) is 1.63. The van der Waals surface area contributed by atoms with Crippen LogP contribution in [0.4, 0.5) is 0 Å². The monoisotopic (exact) mass is 870 g/mol. The second kappa shape index (κ2) is 16.0. The second-order valence-electron chi connectivity index (χ2n) is 13.8. The van der Waals surface area contributed by atoms with Crippen LogP contribution in [-0.4, -0.2) is 5.49 Å². The van der Waals surface area contributed by atoms with Gasteiger partial charge < -0.3 is 24.8 Å². The molecule has 0 amide bonds. The van der Waals surface area contributed by atoms with Crippen molar-refractivity contribution >= 4 is 48.6 Å². The van der Waals surface area contributed by atoms with Gasteiger partial charge in [0.1, 0.15) is 0 Å². The Morgan fingerprint density at radius 3 is 1.16 bits per heavy atom. The molecule has 8 aromatic carbocycles. The van der Waals surface area contributed by atoms with Gasteiger partial charge >= 0.3 is 41.6 Å². The molecule has 0 aliphatic heterocycles. The van der Waals surface area contributed by atoms with Crippen LogP contribution in [0, 0.1) is 0 Å². The number of hydrogen-bond donors (Lipinski definition) is 0. The number of benzene rings is 6. The average molecular weight is 870 g/mol. The molecule has 2 aliphatic rings. The van der Waals surface area contributed by atoms with Crippen molar-refractivity contribution in [1.82, 2.24) is 0 Å². The Kier molecular flexibility index (Phi) is 11.6. The van der Waals surface area contributed by atoms with E-state index in [1.807, 2.05) is 0 Å². The minimum atomic E-state index is 0. The summed E-state index contributed by atoms with van der Waals surface area (Å²) >= 11 is 1.45. The van der Waals surface area contributed by atoms with E-state index in [9.17, 15) is 0 Å². The molecule has 0 unspecified atom stereocenters. The molecule has 2 fully saturated rings. The van der Waals surface area contributed by atoms with Gasteiger partial charge in [0.2, 0.25) is 0 Å². The molecule has 248 valence electrons. The summed E-state index contributed by atoms with van der Waals surface area (Å²) < 4.78 is 0. The molecule has 0 aromatic heterocycles. The van der Waals surface area contributed by atoms with Gasteiger partial charge in [0.15, 0.2) is 0 Å². The van der Waals surface area contributed by atoms with Crippen LogP contribution in [0.5, 0.6) is 0 Å². The fourth-order valence-corrected chi connectivity index (χ4v) is 7.21. The van der Waals surface area contributed by atoms with Crippen molar-refractivity contribution in [3.05, 3.63) is 157 Å². The van der Waals surface area contributed by atoms with E-state index in [0.717, 1.165) is 11.8 Å². The van der Waals surface area contributed by atoms with Crippen LogP contribution in [-0.2, 0) is 23.0 Å². The van der Waals surface area contributed by atoms with Crippen LogP contribution >= 0.6 is 0 Å². The number of rotatable bonds is 4. The standard InChI is InChI=1S/2C22H17.C2H6Si.2ClH.Hf/c2*1-2-8-19-16(5-1)6-3-9-20(19)21-10-4-7-17-13-18(14-22(17)21)15-11-12-15;1-3-2;;;/h2*1-10,13-15H,11-12H2;1-2H3;2*1H;/q2*-1;;;;+2/p-2. The zero-order valence-electron chi connectivity index (χ0n) is 28.6. The maximum absolute atomic E-state index is 2.42. The van der Waals surface area contributed by atoms with Gasteiger partial charge in [-0.25, -0.2) is 0 Å². The fourth-order valence-electron chi connectivity index (χ4n) is 7.21. The third-order valence-corrected chi connectivity index (χ3v) is 9.80. The average Bonchev–Trinajstić information content (AvgIpc) is 4.05. The fraction of sp³-hybridized carbons (Fsp3) is 0.174. The van der Waals surface area contributed by atoms with Crippen LogP contribution < -0.4 is 24.8 Å². The zero-order chi connectivity index (χ0) is 32.6. The largest absolute Gasteiger partial charge is 1.00 e. The van der Waals surface area contributed by atoms with Gasteiger partial charge in [-0.05, 0) is 70.2 Å². The van der Waals surface area contributed by atoms with Crippen molar-refractivity contribution < 1.29 is 47.8 Å².